The summed E-state index contributed by atoms with van der Waals surface area (Å²) in [7, 11) is 0. The zero-order chi connectivity index (χ0) is 13.5. The lowest BCUT2D eigenvalue weighted by molar-refractivity contribution is 0.0952. The number of amides is 1. The summed E-state index contributed by atoms with van der Waals surface area (Å²) in [6.07, 6.45) is 2.14. The molecular formula is C14H16N2O3. The Labute approximate surface area is 112 Å². The van der Waals surface area contributed by atoms with Gasteiger partial charge in [-0.05, 0) is 31.0 Å². The molecule has 0 atom stereocenters. The summed E-state index contributed by atoms with van der Waals surface area (Å²) >= 11 is 0. The van der Waals surface area contributed by atoms with Crippen LogP contribution in [-0.2, 0) is 0 Å². The molecule has 1 N–H and O–H groups in total. The van der Waals surface area contributed by atoms with E-state index in [9.17, 15) is 4.79 Å². The second-order valence-electron chi connectivity index (χ2n) is 4.23. The SMILES string of the molecule is N#CCCCCNC(=O)c1ccc2c(c1)OCCO2. The van der Waals surface area contributed by atoms with E-state index >= 15 is 0 Å². The molecular weight excluding hydrogens is 244 g/mol. The molecule has 0 bridgehead atoms. The van der Waals surface area contributed by atoms with Crippen molar-refractivity contribution in [1.82, 2.24) is 5.32 Å². The quantitative estimate of drug-likeness (QED) is 0.820. The summed E-state index contributed by atoms with van der Waals surface area (Å²) in [4.78, 5) is 11.9. The zero-order valence-corrected chi connectivity index (χ0v) is 10.6. The van der Waals surface area contributed by atoms with Crippen molar-refractivity contribution < 1.29 is 14.3 Å². The van der Waals surface area contributed by atoms with Crippen molar-refractivity contribution in [2.45, 2.75) is 19.3 Å². The van der Waals surface area contributed by atoms with Crippen molar-refractivity contribution in [2.75, 3.05) is 19.8 Å². The summed E-state index contributed by atoms with van der Waals surface area (Å²) in [5.41, 5.74) is 0.560. The number of hydrogen-bond acceptors (Lipinski definition) is 4. The summed E-state index contributed by atoms with van der Waals surface area (Å²) in [5.74, 6) is 1.16. The molecule has 0 saturated carbocycles. The second-order valence-corrected chi connectivity index (χ2v) is 4.23. The first-order valence-electron chi connectivity index (χ1n) is 6.36. The van der Waals surface area contributed by atoms with Gasteiger partial charge in [-0.25, -0.2) is 0 Å². The molecule has 0 aromatic heterocycles. The normalized spacial score (nSPS) is 12.6. The van der Waals surface area contributed by atoms with E-state index in [0.29, 0.717) is 43.2 Å². The molecule has 5 nitrogen and oxygen atoms in total. The van der Waals surface area contributed by atoms with Crippen LogP contribution in [0.3, 0.4) is 0 Å². The highest BCUT2D eigenvalue weighted by molar-refractivity contribution is 5.94. The van der Waals surface area contributed by atoms with Crippen LogP contribution >= 0.6 is 0 Å². The first kappa shape index (κ1) is 13.2. The van der Waals surface area contributed by atoms with Crippen molar-refractivity contribution in [3.63, 3.8) is 0 Å². The minimum Gasteiger partial charge on any atom is -0.486 e. The van der Waals surface area contributed by atoms with Gasteiger partial charge in [0.25, 0.3) is 5.91 Å². The van der Waals surface area contributed by atoms with Gasteiger partial charge in [-0.1, -0.05) is 0 Å². The number of carbonyl (C=O) groups is 1. The number of nitriles is 1. The summed E-state index contributed by atoms with van der Waals surface area (Å²) in [5, 5.41) is 11.2. The molecule has 5 heteroatoms. The standard InChI is InChI=1S/C14H16N2O3/c15-6-2-1-3-7-16-14(17)11-4-5-12-13(10-11)19-9-8-18-12/h4-5,10H,1-3,7-9H2,(H,16,17). The highest BCUT2D eigenvalue weighted by Gasteiger charge is 2.14. The highest BCUT2D eigenvalue weighted by atomic mass is 16.6. The largest absolute Gasteiger partial charge is 0.486 e. The number of ether oxygens (including phenoxy) is 2. The van der Waals surface area contributed by atoms with Gasteiger partial charge in [0, 0.05) is 18.5 Å². The van der Waals surface area contributed by atoms with Gasteiger partial charge in [-0.15, -0.1) is 0 Å². The summed E-state index contributed by atoms with van der Waals surface area (Å²) < 4.78 is 10.8. The summed E-state index contributed by atoms with van der Waals surface area (Å²) in [6, 6.07) is 7.24. The number of nitrogens with one attached hydrogen (secondary N) is 1. The Morgan fingerprint density at radius 3 is 2.84 bits per heavy atom. The Balaban J connectivity index is 1.87. The van der Waals surface area contributed by atoms with Gasteiger partial charge in [0.1, 0.15) is 13.2 Å². The van der Waals surface area contributed by atoms with E-state index in [0.717, 1.165) is 12.8 Å². The van der Waals surface area contributed by atoms with Gasteiger partial charge >= 0.3 is 0 Å². The van der Waals surface area contributed by atoms with Gasteiger partial charge in [0.15, 0.2) is 11.5 Å². The highest BCUT2D eigenvalue weighted by Crippen LogP contribution is 2.30. The molecule has 0 unspecified atom stereocenters. The van der Waals surface area contributed by atoms with Crippen LogP contribution in [0.2, 0.25) is 0 Å². The van der Waals surface area contributed by atoms with Crippen LogP contribution in [0.1, 0.15) is 29.6 Å². The molecule has 1 amide bonds. The third-order valence-corrected chi connectivity index (χ3v) is 2.81. The fourth-order valence-corrected chi connectivity index (χ4v) is 1.82. The lowest BCUT2D eigenvalue weighted by atomic mass is 10.1. The third kappa shape index (κ3) is 3.62. The molecule has 1 aliphatic rings. The van der Waals surface area contributed by atoms with E-state index in [2.05, 4.69) is 11.4 Å². The predicted octanol–water partition coefficient (Wildman–Crippen LogP) is 1.88. The number of fused-ring (bicyclic) bond motifs is 1. The maximum atomic E-state index is 11.9. The maximum Gasteiger partial charge on any atom is 0.251 e. The minimum atomic E-state index is -0.131. The lowest BCUT2D eigenvalue weighted by Gasteiger charge is -2.18. The molecule has 0 spiro atoms. The molecule has 0 saturated heterocycles. The van der Waals surface area contributed by atoms with Crippen molar-refractivity contribution >= 4 is 5.91 Å². The maximum absolute atomic E-state index is 11.9. The average Bonchev–Trinajstić information content (AvgIpc) is 2.46. The molecule has 1 heterocycles. The van der Waals surface area contributed by atoms with Crippen molar-refractivity contribution in [1.29, 1.82) is 5.26 Å². The first-order valence-corrected chi connectivity index (χ1v) is 6.36. The molecule has 1 aliphatic heterocycles. The molecule has 0 fully saturated rings. The molecule has 0 radical (unpaired) electrons. The Bertz CT molecular complexity index is 494. The van der Waals surface area contributed by atoms with Crippen LogP contribution in [0.15, 0.2) is 18.2 Å². The van der Waals surface area contributed by atoms with E-state index in [1.54, 1.807) is 18.2 Å². The first-order chi connectivity index (χ1) is 9.31. The molecule has 1 aromatic rings. The Morgan fingerprint density at radius 2 is 2.05 bits per heavy atom. The topological polar surface area (TPSA) is 71.4 Å². The Morgan fingerprint density at radius 1 is 1.26 bits per heavy atom. The Kier molecular flexibility index (Phi) is 4.62. The van der Waals surface area contributed by atoms with E-state index in [4.69, 9.17) is 14.7 Å². The molecule has 19 heavy (non-hydrogen) atoms. The van der Waals surface area contributed by atoms with Crippen molar-refractivity contribution in [2.24, 2.45) is 0 Å². The van der Waals surface area contributed by atoms with E-state index in [-0.39, 0.29) is 5.91 Å². The number of hydrogen-bond donors (Lipinski definition) is 1. The van der Waals surface area contributed by atoms with Gasteiger partial charge in [0.05, 0.1) is 6.07 Å². The molecule has 0 aliphatic carbocycles. The number of nitrogens with zero attached hydrogens (tertiary/aromatic N) is 1. The van der Waals surface area contributed by atoms with Crippen LogP contribution in [0.5, 0.6) is 11.5 Å². The Hall–Kier alpha value is -2.22. The number of carbonyl (C=O) groups excluding carboxylic acids is 1. The van der Waals surface area contributed by atoms with Crippen LogP contribution in [0.25, 0.3) is 0 Å². The number of unbranched alkanes of at least 4 members (excludes halogenated alkanes) is 2. The third-order valence-electron chi connectivity index (χ3n) is 2.81. The second kappa shape index (κ2) is 6.64. The van der Waals surface area contributed by atoms with Crippen LogP contribution < -0.4 is 14.8 Å². The van der Waals surface area contributed by atoms with E-state index < -0.39 is 0 Å². The van der Waals surface area contributed by atoms with Crippen molar-refractivity contribution in [3.8, 4) is 17.6 Å². The molecule has 1 aromatic carbocycles. The average molecular weight is 260 g/mol. The molecule has 2 rings (SSSR count). The van der Waals surface area contributed by atoms with E-state index in [1.165, 1.54) is 0 Å². The number of benzene rings is 1. The smallest absolute Gasteiger partial charge is 0.251 e. The predicted molar refractivity (Wildman–Crippen MR) is 69.2 cm³/mol. The van der Waals surface area contributed by atoms with Gasteiger partial charge < -0.3 is 14.8 Å². The molecule has 100 valence electrons. The van der Waals surface area contributed by atoms with Gasteiger partial charge in [-0.3, -0.25) is 4.79 Å². The van der Waals surface area contributed by atoms with Crippen LogP contribution in [0, 0.1) is 11.3 Å². The van der Waals surface area contributed by atoms with E-state index in [1.807, 2.05) is 0 Å². The van der Waals surface area contributed by atoms with Crippen LogP contribution in [0.4, 0.5) is 0 Å². The fourth-order valence-electron chi connectivity index (χ4n) is 1.82. The lowest BCUT2D eigenvalue weighted by Crippen LogP contribution is -2.24. The number of rotatable bonds is 5. The van der Waals surface area contributed by atoms with Crippen molar-refractivity contribution in [3.05, 3.63) is 23.8 Å². The van der Waals surface area contributed by atoms with Gasteiger partial charge in [-0.2, -0.15) is 5.26 Å². The monoisotopic (exact) mass is 260 g/mol. The fraction of sp³-hybridized carbons (Fsp3) is 0.429. The van der Waals surface area contributed by atoms with Gasteiger partial charge in [0.2, 0.25) is 0 Å². The minimum absolute atomic E-state index is 0.131. The van der Waals surface area contributed by atoms with Crippen LogP contribution in [-0.4, -0.2) is 25.7 Å². The zero-order valence-electron chi connectivity index (χ0n) is 10.6. The summed E-state index contributed by atoms with van der Waals surface area (Å²) in [6.45, 7) is 1.62.